The quantitative estimate of drug-likeness (QED) is 0.756. The second-order valence-electron chi connectivity index (χ2n) is 2.97. The van der Waals surface area contributed by atoms with E-state index in [2.05, 4.69) is 27.0 Å². The number of alkyl halides is 1. The minimum Gasteiger partial charge on any atom is -0.338 e. The minimum atomic E-state index is 0.0942. The Kier molecular flexibility index (Phi) is 3.97. The maximum Gasteiger partial charge on any atom is 0.108 e. The summed E-state index contributed by atoms with van der Waals surface area (Å²) in [5.74, 6) is 1.14. The van der Waals surface area contributed by atoms with Gasteiger partial charge in [0.2, 0.25) is 0 Å². The lowest BCUT2D eigenvalue weighted by atomic mass is 10.1. The van der Waals surface area contributed by atoms with Gasteiger partial charge in [-0.25, -0.2) is 4.98 Å². The van der Waals surface area contributed by atoms with Crippen molar-refractivity contribution < 1.29 is 0 Å². The van der Waals surface area contributed by atoms with Gasteiger partial charge >= 0.3 is 0 Å². The highest BCUT2D eigenvalue weighted by Crippen LogP contribution is 2.09. The number of imidazole rings is 1. The molecule has 3 nitrogen and oxygen atoms in total. The first-order valence-electron chi connectivity index (χ1n) is 4.19. The van der Waals surface area contributed by atoms with Crippen LogP contribution in [0.2, 0.25) is 0 Å². The molecule has 1 rings (SSSR count). The third-order valence-electron chi connectivity index (χ3n) is 2.01. The van der Waals surface area contributed by atoms with Gasteiger partial charge in [-0.15, -0.1) is 0 Å². The van der Waals surface area contributed by atoms with Gasteiger partial charge in [0, 0.05) is 31.2 Å². The molecule has 0 spiro atoms. The highest BCUT2D eigenvalue weighted by Gasteiger charge is 2.07. The lowest BCUT2D eigenvalue weighted by Crippen LogP contribution is -2.04. The number of nitrogens with zero attached hydrogens (tertiary/aromatic N) is 3. The first-order chi connectivity index (χ1) is 6.27. The summed E-state index contributed by atoms with van der Waals surface area (Å²) >= 11 is 3.31. The fourth-order valence-electron chi connectivity index (χ4n) is 1.12. The summed E-state index contributed by atoms with van der Waals surface area (Å²) < 4.78 is 1.99. The largest absolute Gasteiger partial charge is 0.338 e. The maximum atomic E-state index is 8.72. The smallest absolute Gasteiger partial charge is 0.108 e. The maximum absolute atomic E-state index is 8.72. The highest BCUT2D eigenvalue weighted by atomic mass is 79.9. The Labute approximate surface area is 86.5 Å². The van der Waals surface area contributed by atoms with Crippen molar-refractivity contribution in [1.82, 2.24) is 9.55 Å². The predicted octanol–water partition coefficient (Wildman–Crippen LogP) is 1.89. The number of halogens is 1. The number of nitriles is 1. The van der Waals surface area contributed by atoms with Gasteiger partial charge in [0.1, 0.15) is 5.82 Å². The van der Waals surface area contributed by atoms with Gasteiger partial charge < -0.3 is 4.57 Å². The lowest BCUT2D eigenvalue weighted by Gasteiger charge is -2.04. The fraction of sp³-hybridized carbons (Fsp3) is 0.556. The van der Waals surface area contributed by atoms with Crippen LogP contribution in [0.1, 0.15) is 12.2 Å². The zero-order valence-corrected chi connectivity index (χ0v) is 9.16. The van der Waals surface area contributed by atoms with E-state index < -0.39 is 0 Å². The van der Waals surface area contributed by atoms with Crippen molar-refractivity contribution in [1.29, 1.82) is 5.26 Å². The predicted molar refractivity (Wildman–Crippen MR) is 54.4 cm³/mol. The second-order valence-corrected chi connectivity index (χ2v) is 3.62. The van der Waals surface area contributed by atoms with E-state index in [1.165, 1.54) is 0 Å². The molecule has 70 valence electrons. The van der Waals surface area contributed by atoms with E-state index in [0.717, 1.165) is 24.0 Å². The van der Waals surface area contributed by atoms with Crippen molar-refractivity contribution in [3.05, 3.63) is 18.2 Å². The molecule has 0 aliphatic heterocycles. The van der Waals surface area contributed by atoms with Crippen LogP contribution < -0.4 is 0 Å². The van der Waals surface area contributed by atoms with Crippen LogP contribution in [0.25, 0.3) is 0 Å². The molecule has 0 saturated heterocycles. The number of rotatable bonds is 4. The molecule has 0 N–H and O–H groups in total. The number of aromatic nitrogens is 2. The van der Waals surface area contributed by atoms with Crippen molar-refractivity contribution in [2.45, 2.75) is 12.8 Å². The molecule has 4 heteroatoms. The normalized spacial score (nSPS) is 12.4. The highest BCUT2D eigenvalue weighted by molar-refractivity contribution is 9.09. The van der Waals surface area contributed by atoms with Crippen molar-refractivity contribution in [3.8, 4) is 6.07 Å². The monoisotopic (exact) mass is 241 g/mol. The number of aryl methyl sites for hydroxylation is 2. The molecule has 1 unspecified atom stereocenters. The Morgan fingerprint density at radius 1 is 1.77 bits per heavy atom. The first kappa shape index (κ1) is 10.3. The van der Waals surface area contributed by atoms with E-state index in [1.807, 2.05) is 17.8 Å². The summed E-state index contributed by atoms with van der Waals surface area (Å²) in [6.07, 6.45) is 5.44. The van der Waals surface area contributed by atoms with Crippen LogP contribution in [0.4, 0.5) is 0 Å². The molecule has 0 bridgehead atoms. The Balaban J connectivity index is 2.44. The molecule has 13 heavy (non-hydrogen) atoms. The summed E-state index contributed by atoms with van der Waals surface area (Å²) in [7, 11) is 1.97. The molecule has 0 aliphatic carbocycles. The Bertz CT molecular complexity index is 300. The molecule has 0 amide bonds. The Morgan fingerprint density at radius 3 is 3.00 bits per heavy atom. The van der Waals surface area contributed by atoms with Crippen LogP contribution in [-0.4, -0.2) is 14.9 Å². The fourth-order valence-corrected chi connectivity index (χ4v) is 1.59. The van der Waals surface area contributed by atoms with Crippen LogP contribution in [0.3, 0.4) is 0 Å². The third-order valence-corrected chi connectivity index (χ3v) is 2.79. The van der Waals surface area contributed by atoms with E-state index in [4.69, 9.17) is 5.26 Å². The van der Waals surface area contributed by atoms with E-state index >= 15 is 0 Å². The first-order valence-corrected chi connectivity index (χ1v) is 5.32. The van der Waals surface area contributed by atoms with E-state index in [0.29, 0.717) is 0 Å². The van der Waals surface area contributed by atoms with Crippen LogP contribution in [0.15, 0.2) is 12.4 Å². The van der Waals surface area contributed by atoms with E-state index in [1.54, 1.807) is 6.20 Å². The molecule has 1 heterocycles. The van der Waals surface area contributed by atoms with Gasteiger partial charge in [0.05, 0.1) is 12.0 Å². The average Bonchev–Trinajstić information content (AvgIpc) is 2.54. The Hall–Kier alpha value is -0.820. The summed E-state index contributed by atoms with van der Waals surface area (Å²) in [6.45, 7) is 0. The average molecular weight is 242 g/mol. The SMILES string of the molecule is Cn1ccnc1CCC(C#N)CBr. The van der Waals surface area contributed by atoms with Gasteiger partial charge in [-0.1, -0.05) is 15.9 Å². The minimum absolute atomic E-state index is 0.0942. The van der Waals surface area contributed by atoms with Gasteiger partial charge in [0.15, 0.2) is 0 Å². The van der Waals surface area contributed by atoms with Gasteiger partial charge in [0.25, 0.3) is 0 Å². The van der Waals surface area contributed by atoms with Crippen LogP contribution in [0, 0.1) is 17.2 Å². The van der Waals surface area contributed by atoms with Gasteiger partial charge in [-0.2, -0.15) is 5.26 Å². The van der Waals surface area contributed by atoms with Crippen LogP contribution >= 0.6 is 15.9 Å². The van der Waals surface area contributed by atoms with Crippen molar-refractivity contribution in [3.63, 3.8) is 0 Å². The molecular weight excluding hydrogens is 230 g/mol. The van der Waals surface area contributed by atoms with E-state index in [-0.39, 0.29) is 5.92 Å². The number of hydrogen-bond acceptors (Lipinski definition) is 2. The van der Waals surface area contributed by atoms with Crippen molar-refractivity contribution >= 4 is 15.9 Å². The molecule has 0 saturated carbocycles. The lowest BCUT2D eigenvalue weighted by molar-refractivity contribution is 0.636. The number of hydrogen-bond donors (Lipinski definition) is 0. The molecule has 0 radical (unpaired) electrons. The molecule has 1 aromatic rings. The van der Waals surface area contributed by atoms with Gasteiger partial charge in [-0.05, 0) is 6.42 Å². The van der Waals surface area contributed by atoms with Crippen molar-refractivity contribution in [2.75, 3.05) is 5.33 Å². The summed E-state index contributed by atoms with van der Waals surface area (Å²) in [5, 5.41) is 9.46. The van der Waals surface area contributed by atoms with Crippen LogP contribution in [-0.2, 0) is 13.5 Å². The molecule has 0 fully saturated rings. The second kappa shape index (κ2) is 5.03. The van der Waals surface area contributed by atoms with Gasteiger partial charge in [-0.3, -0.25) is 0 Å². The van der Waals surface area contributed by atoms with Crippen LogP contribution in [0.5, 0.6) is 0 Å². The Morgan fingerprint density at radius 2 is 2.54 bits per heavy atom. The standard InChI is InChI=1S/C9H12BrN3/c1-13-5-4-12-9(13)3-2-8(6-10)7-11/h4-5,8H,2-3,6H2,1H3. The molecule has 1 aromatic heterocycles. The topological polar surface area (TPSA) is 41.6 Å². The summed E-state index contributed by atoms with van der Waals surface area (Å²) in [4.78, 5) is 4.19. The molecule has 0 aromatic carbocycles. The zero-order valence-electron chi connectivity index (χ0n) is 7.57. The zero-order chi connectivity index (χ0) is 9.68. The van der Waals surface area contributed by atoms with Crippen molar-refractivity contribution in [2.24, 2.45) is 13.0 Å². The summed E-state index contributed by atoms with van der Waals surface area (Å²) in [6, 6.07) is 2.25. The van der Waals surface area contributed by atoms with E-state index in [9.17, 15) is 0 Å². The molecular formula is C9H12BrN3. The third kappa shape index (κ3) is 2.85. The molecule has 1 atom stereocenters. The molecule has 0 aliphatic rings. The summed E-state index contributed by atoms with van der Waals surface area (Å²) in [5.41, 5.74) is 0.